The number of phenols is 2. The smallest absolute Gasteiger partial charge is 0.327 e. The lowest BCUT2D eigenvalue weighted by Gasteiger charge is -2.33. The number of methoxy groups -OCH3 is 2. The van der Waals surface area contributed by atoms with Crippen molar-refractivity contribution in [3.8, 4) is 11.5 Å². The zero-order chi connectivity index (χ0) is 30.2. The number of rotatable bonds is 14. The molecule has 0 aliphatic rings. The molecule has 0 saturated carbocycles. The van der Waals surface area contributed by atoms with Gasteiger partial charge in [-0.15, -0.1) is 0 Å². The molecular formula is C24H28N2O13S. The first-order chi connectivity index (χ1) is 18.7. The van der Waals surface area contributed by atoms with E-state index >= 15 is 0 Å². The van der Waals surface area contributed by atoms with E-state index in [1.54, 1.807) is 0 Å². The van der Waals surface area contributed by atoms with Crippen LogP contribution in [-0.2, 0) is 38.8 Å². The molecule has 5 N–H and O–H groups in total. The second-order valence-corrected chi connectivity index (χ2v) is 9.75. The van der Waals surface area contributed by atoms with Gasteiger partial charge in [-0.05, 0) is 24.3 Å². The van der Waals surface area contributed by atoms with Gasteiger partial charge in [0.05, 0.1) is 32.2 Å². The first-order valence-electron chi connectivity index (χ1n) is 11.4. The van der Waals surface area contributed by atoms with Crippen LogP contribution in [0.3, 0.4) is 0 Å². The second-order valence-electron chi connectivity index (χ2n) is 8.33. The van der Waals surface area contributed by atoms with Crippen LogP contribution in [0.4, 0.5) is 0 Å². The van der Waals surface area contributed by atoms with Crippen molar-refractivity contribution in [3.05, 3.63) is 53.6 Å². The number of esters is 2. The lowest BCUT2D eigenvalue weighted by Crippen LogP contribution is -2.46. The van der Waals surface area contributed by atoms with E-state index in [9.17, 15) is 52.6 Å². The Bertz CT molecular complexity index is 1360. The standard InChI is InChI=1S/C24H28N2O13S/c1-38-20(31)13-26(21(23(32)33)16-11-14(40(35,36)37)7-8-18(16)28)10-9-25(12-19(29)30)22(24(34)39-2)15-5-3-4-6-17(15)27/h3-8,11,21-22,27-28H,9-10,12-13H2,1-2H3,(H,29,30)(H,32,33)(H,35,36,37)/t21-,22?/m0/s1. The van der Waals surface area contributed by atoms with Crippen molar-refractivity contribution in [2.45, 2.75) is 17.0 Å². The summed E-state index contributed by atoms with van der Waals surface area (Å²) in [6.45, 7) is -2.40. The summed E-state index contributed by atoms with van der Waals surface area (Å²) in [6, 6.07) is 4.58. The number of phenolic OH excluding ortho intramolecular Hbond substituents is 2. The molecule has 16 heteroatoms. The molecular weight excluding hydrogens is 556 g/mol. The van der Waals surface area contributed by atoms with Gasteiger partial charge >= 0.3 is 23.9 Å². The number of para-hydroxylation sites is 1. The van der Waals surface area contributed by atoms with Crippen LogP contribution >= 0.6 is 0 Å². The Morgan fingerprint density at radius 2 is 1.40 bits per heavy atom. The highest BCUT2D eigenvalue weighted by molar-refractivity contribution is 7.85. The van der Waals surface area contributed by atoms with Crippen LogP contribution in [0, 0.1) is 0 Å². The van der Waals surface area contributed by atoms with E-state index in [0.29, 0.717) is 6.07 Å². The average molecular weight is 585 g/mol. The SMILES string of the molecule is COC(=O)CN(CCN(CC(=O)O)C(C(=O)OC)c1ccccc1O)[C@H](C(=O)O)c1cc(S(=O)(=O)O)ccc1O. The lowest BCUT2D eigenvalue weighted by molar-refractivity contribution is -0.153. The van der Waals surface area contributed by atoms with Crippen molar-refractivity contribution < 1.29 is 62.0 Å². The average Bonchev–Trinajstić information content (AvgIpc) is 2.87. The molecule has 0 radical (unpaired) electrons. The molecule has 0 saturated heterocycles. The molecule has 40 heavy (non-hydrogen) atoms. The van der Waals surface area contributed by atoms with Gasteiger partial charge in [-0.2, -0.15) is 8.42 Å². The molecule has 0 aliphatic carbocycles. The normalized spacial score (nSPS) is 13.0. The molecule has 0 aromatic heterocycles. The molecule has 0 amide bonds. The molecule has 1 unspecified atom stereocenters. The predicted octanol–water partition coefficient (Wildman–Crippen LogP) is 0.246. The monoisotopic (exact) mass is 584 g/mol. The van der Waals surface area contributed by atoms with Crippen molar-refractivity contribution in [1.29, 1.82) is 0 Å². The third kappa shape index (κ3) is 8.12. The van der Waals surface area contributed by atoms with Gasteiger partial charge in [-0.1, -0.05) is 18.2 Å². The van der Waals surface area contributed by atoms with Crippen molar-refractivity contribution in [3.63, 3.8) is 0 Å². The zero-order valence-electron chi connectivity index (χ0n) is 21.3. The third-order valence-electron chi connectivity index (χ3n) is 5.78. The minimum atomic E-state index is -4.82. The summed E-state index contributed by atoms with van der Waals surface area (Å²) in [5, 5.41) is 40.3. The number of carboxylic acid groups (broad SMARTS) is 2. The van der Waals surface area contributed by atoms with E-state index in [2.05, 4.69) is 4.74 Å². The van der Waals surface area contributed by atoms with E-state index in [1.807, 2.05) is 0 Å². The second kappa shape index (κ2) is 13.7. The van der Waals surface area contributed by atoms with Crippen LogP contribution in [-0.4, -0.2) is 107 Å². The summed E-state index contributed by atoms with van der Waals surface area (Å²) in [4.78, 5) is 50.3. The summed E-state index contributed by atoms with van der Waals surface area (Å²) in [5.41, 5.74) is -0.523. The molecule has 2 aromatic rings. The number of carboxylic acids is 2. The number of ether oxygens (including phenoxy) is 2. The quantitative estimate of drug-likeness (QED) is 0.148. The van der Waals surface area contributed by atoms with Gasteiger partial charge in [0.25, 0.3) is 10.1 Å². The van der Waals surface area contributed by atoms with Crippen LogP contribution in [0.25, 0.3) is 0 Å². The van der Waals surface area contributed by atoms with Gasteiger partial charge in [0.15, 0.2) is 0 Å². The van der Waals surface area contributed by atoms with Crippen LogP contribution in [0.1, 0.15) is 23.2 Å². The first kappa shape index (κ1) is 32.0. The topological polar surface area (TPSA) is 229 Å². The molecule has 15 nitrogen and oxygen atoms in total. The molecule has 0 aliphatic heterocycles. The Labute approximate surface area is 228 Å². The highest BCUT2D eigenvalue weighted by Crippen LogP contribution is 2.33. The molecule has 2 rings (SSSR count). The van der Waals surface area contributed by atoms with E-state index in [0.717, 1.165) is 36.2 Å². The van der Waals surface area contributed by atoms with E-state index in [4.69, 9.17) is 4.74 Å². The van der Waals surface area contributed by atoms with Crippen LogP contribution < -0.4 is 0 Å². The number of aromatic hydroxyl groups is 2. The van der Waals surface area contributed by atoms with Crippen LogP contribution in [0.15, 0.2) is 47.4 Å². The molecule has 2 aromatic carbocycles. The number of hydrogen-bond acceptors (Lipinski definition) is 12. The van der Waals surface area contributed by atoms with Gasteiger partial charge in [0.2, 0.25) is 0 Å². The summed E-state index contributed by atoms with van der Waals surface area (Å²) in [7, 11) is -2.75. The Morgan fingerprint density at radius 3 is 1.90 bits per heavy atom. The third-order valence-corrected chi connectivity index (χ3v) is 6.63. The Kier molecular flexibility index (Phi) is 10.9. The Hall–Kier alpha value is -4.25. The number of carbonyl (C=O) groups is 4. The predicted molar refractivity (Wildman–Crippen MR) is 134 cm³/mol. The number of hydrogen-bond donors (Lipinski definition) is 5. The number of nitrogens with zero attached hydrogens (tertiary/aromatic N) is 2. The summed E-state index contributed by atoms with van der Waals surface area (Å²) < 4.78 is 42.1. The van der Waals surface area contributed by atoms with Crippen molar-refractivity contribution in [2.24, 2.45) is 0 Å². The molecule has 0 heterocycles. The van der Waals surface area contributed by atoms with E-state index in [1.165, 1.54) is 24.3 Å². The van der Waals surface area contributed by atoms with Crippen molar-refractivity contribution >= 4 is 34.0 Å². The van der Waals surface area contributed by atoms with Gasteiger partial charge in [0.1, 0.15) is 23.6 Å². The number of carbonyl (C=O) groups excluding carboxylic acids is 2. The molecule has 218 valence electrons. The highest BCUT2D eigenvalue weighted by Gasteiger charge is 2.36. The molecule has 0 spiro atoms. The number of benzene rings is 2. The maximum absolute atomic E-state index is 12.7. The van der Waals surface area contributed by atoms with E-state index < -0.39 is 88.5 Å². The summed E-state index contributed by atoms with van der Waals surface area (Å²) in [6.07, 6.45) is 0. The Morgan fingerprint density at radius 1 is 0.825 bits per heavy atom. The first-order valence-corrected chi connectivity index (χ1v) is 12.8. The maximum Gasteiger partial charge on any atom is 0.327 e. The van der Waals surface area contributed by atoms with Gasteiger partial charge in [-0.3, -0.25) is 28.7 Å². The van der Waals surface area contributed by atoms with Gasteiger partial charge in [0, 0.05) is 24.2 Å². The molecule has 0 fully saturated rings. The number of aliphatic carboxylic acids is 2. The van der Waals surface area contributed by atoms with E-state index in [-0.39, 0.29) is 11.3 Å². The summed E-state index contributed by atoms with van der Waals surface area (Å²) in [5.74, 6) is -5.96. The van der Waals surface area contributed by atoms with Gasteiger partial charge < -0.3 is 29.9 Å². The van der Waals surface area contributed by atoms with Crippen molar-refractivity contribution in [1.82, 2.24) is 9.80 Å². The minimum absolute atomic E-state index is 0.0107. The maximum atomic E-state index is 12.7. The largest absolute Gasteiger partial charge is 0.508 e. The van der Waals surface area contributed by atoms with Crippen LogP contribution in [0.5, 0.6) is 11.5 Å². The van der Waals surface area contributed by atoms with Gasteiger partial charge in [-0.25, -0.2) is 4.79 Å². The molecule has 2 atom stereocenters. The zero-order valence-corrected chi connectivity index (χ0v) is 22.1. The van der Waals surface area contributed by atoms with Crippen molar-refractivity contribution in [2.75, 3.05) is 40.4 Å². The minimum Gasteiger partial charge on any atom is -0.508 e. The lowest BCUT2D eigenvalue weighted by atomic mass is 10.0. The Balaban J connectivity index is 2.60. The fourth-order valence-electron chi connectivity index (χ4n) is 3.96. The molecule has 0 bridgehead atoms. The summed E-state index contributed by atoms with van der Waals surface area (Å²) >= 11 is 0. The fourth-order valence-corrected chi connectivity index (χ4v) is 4.48. The van der Waals surface area contributed by atoms with Crippen LogP contribution in [0.2, 0.25) is 0 Å². The highest BCUT2D eigenvalue weighted by atomic mass is 32.2. The fraction of sp³-hybridized carbons (Fsp3) is 0.333.